The minimum atomic E-state index is -0.845. The summed E-state index contributed by atoms with van der Waals surface area (Å²) >= 11 is 0. The summed E-state index contributed by atoms with van der Waals surface area (Å²) in [6, 6.07) is -1.01. The van der Waals surface area contributed by atoms with Crippen molar-refractivity contribution < 1.29 is 14.7 Å². The molecule has 0 fully saturated rings. The number of aliphatic carboxylic acids is 1. The van der Waals surface area contributed by atoms with E-state index in [-0.39, 0.29) is 5.91 Å². The number of carbonyl (C=O) groups is 2. The fourth-order valence-corrected chi connectivity index (χ4v) is 1.08. The molecule has 0 radical (unpaired) electrons. The first-order chi connectivity index (χ1) is 7.36. The maximum atomic E-state index is 11.1. The third kappa shape index (κ3) is 5.67. The molecule has 4 N–H and O–H groups in total. The Bertz CT molecular complexity index is 243. The lowest BCUT2D eigenvalue weighted by molar-refractivity contribution is -0.142. The van der Waals surface area contributed by atoms with E-state index in [1.54, 1.807) is 25.8 Å². The molecule has 0 aromatic heterocycles. The number of nitrogens with one attached hydrogen (secondary N) is 1. The van der Waals surface area contributed by atoms with Gasteiger partial charge in [0.2, 0.25) is 5.91 Å². The molecule has 0 saturated carbocycles. The molecule has 6 nitrogen and oxygen atoms in total. The molecule has 0 unspecified atom stereocenters. The van der Waals surface area contributed by atoms with Crippen LogP contribution in [-0.2, 0) is 9.59 Å². The van der Waals surface area contributed by atoms with Crippen molar-refractivity contribution >= 4 is 11.9 Å². The summed E-state index contributed by atoms with van der Waals surface area (Å²) in [7, 11) is 1.74. The van der Waals surface area contributed by atoms with Crippen molar-refractivity contribution in [3.05, 3.63) is 0 Å². The van der Waals surface area contributed by atoms with Crippen LogP contribution in [0.5, 0.6) is 0 Å². The highest BCUT2D eigenvalue weighted by Crippen LogP contribution is 1.96. The molecule has 0 aliphatic rings. The molecule has 0 heterocycles. The van der Waals surface area contributed by atoms with E-state index in [1.165, 1.54) is 0 Å². The standard InChI is InChI=1S/C10H21N3O3/c1-7(11)9(14)12-5-4-6-13(3)8(2)10(15)16/h7-8H,4-6,11H2,1-3H3,(H,12,14)(H,15,16)/t7-,8-/m0/s1. The Labute approximate surface area is 95.8 Å². The van der Waals surface area contributed by atoms with E-state index < -0.39 is 18.1 Å². The van der Waals surface area contributed by atoms with Gasteiger partial charge in [0.1, 0.15) is 6.04 Å². The lowest BCUT2D eigenvalue weighted by Gasteiger charge is -2.20. The van der Waals surface area contributed by atoms with E-state index in [0.29, 0.717) is 19.5 Å². The van der Waals surface area contributed by atoms with Gasteiger partial charge >= 0.3 is 5.97 Å². The summed E-state index contributed by atoms with van der Waals surface area (Å²) in [5.41, 5.74) is 5.37. The molecule has 0 aliphatic carbocycles. The molecule has 16 heavy (non-hydrogen) atoms. The van der Waals surface area contributed by atoms with Crippen molar-refractivity contribution in [2.45, 2.75) is 32.4 Å². The molecule has 0 saturated heterocycles. The molecule has 1 amide bonds. The van der Waals surface area contributed by atoms with Gasteiger partial charge in [-0.3, -0.25) is 14.5 Å². The quantitative estimate of drug-likeness (QED) is 0.501. The van der Waals surface area contributed by atoms with E-state index in [0.717, 1.165) is 0 Å². The number of carboxylic acids is 1. The number of carbonyl (C=O) groups excluding carboxylic acids is 1. The van der Waals surface area contributed by atoms with Crippen LogP contribution in [0.3, 0.4) is 0 Å². The van der Waals surface area contributed by atoms with Crippen molar-refractivity contribution in [1.82, 2.24) is 10.2 Å². The summed E-state index contributed by atoms with van der Waals surface area (Å²) in [6.45, 7) is 4.38. The number of carboxylic acid groups (broad SMARTS) is 1. The summed E-state index contributed by atoms with van der Waals surface area (Å²) in [5.74, 6) is -1.03. The second-order valence-electron chi connectivity index (χ2n) is 3.93. The summed E-state index contributed by atoms with van der Waals surface area (Å²) in [4.78, 5) is 23.5. The van der Waals surface area contributed by atoms with Crippen LogP contribution in [-0.4, -0.2) is 54.1 Å². The van der Waals surface area contributed by atoms with Gasteiger partial charge in [-0.05, 0) is 27.3 Å². The zero-order valence-electron chi connectivity index (χ0n) is 10.1. The van der Waals surface area contributed by atoms with E-state index in [4.69, 9.17) is 10.8 Å². The van der Waals surface area contributed by atoms with Crippen molar-refractivity contribution in [1.29, 1.82) is 0 Å². The number of likely N-dealkylation sites (N-methyl/N-ethyl adjacent to an activating group) is 1. The maximum absolute atomic E-state index is 11.1. The number of hydrogen-bond donors (Lipinski definition) is 3. The van der Waals surface area contributed by atoms with Crippen LogP contribution in [0.25, 0.3) is 0 Å². The average molecular weight is 231 g/mol. The lowest BCUT2D eigenvalue weighted by atomic mass is 10.2. The number of rotatable bonds is 7. The van der Waals surface area contributed by atoms with E-state index >= 15 is 0 Å². The Hall–Kier alpha value is -1.14. The monoisotopic (exact) mass is 231 g/mol. The molecule has 0 aromatic carbocycles. The average Bonchev–Trinajstić information content (AvgIpc) is 2.22. The number of amides is 1. The largest absolute Gasteiger partial charge is 0.480 e. The zero-order chi connectivity index (χ0) is 12.7. The molecule has 0 aliphatic heterocycles. The second kappa shape index (κ2) is 7.19. The third-order valence-electron chi connectivity index (χ3n) is 2.42. The van der Waals surface area contributed by atoms with Crippen molar-refractivity contribution in [3.8, 4) is 0 Å². The Morgan fingerprint density at radius 2 is 2.00 bits per heavy atom. The molecular formula is C10H21N3O3. The minimum absolute atomic E-state index is 0.186. The molecular weight excluding hydrogens is 210 g/mol. The maximum Gasteiger partial charge on any atom is 0.320 e. The smallest absolute Gasteiger partial charge is 0.320 e. The molecule has 2 atom stereocenters. The van der Waals surface area contributed by atoms with Gasteiger partial charge in [-0.1, -0.05) is 0 Å². The first-order valence-electron chi connectivity index (χ1n) is 5.32. The van der Waals surface area contributed by atoms with E-state index in [9.17, 15) is 9.59 Å². The highest BCUT2D eigenvalue weighted by Gasteiger charge is 2.15. The first-order valence-corrected chi connectivity index (χ1v) is 5.32. The number of hydrogen-bond acceptors (Lipinski definition) is 4. The Kier molecular flexibility index (Phi) is 6.67. The highest BCUT2D eigenvalue weighted by atomic mass is 16.4. The Balaban J connectivity index is 3.67. The Morgan fingerprint density at radius 3 is 2.44 bits per heavy atom. The second-order valence-corrected chi connectivity index (χ2v) is 3.93. The first kappa shape index (κ1) is 14.9. The van der Waals surface area contributed by atoms with Crippen LogP contribution in [0.2, 0.25) is 0 Å². The van der Waals surface area contributed by atoms with Crippen LogP contribution >= 0.6 is 0 Å². The van der Waals surface area contributed by atoms with Gasteiger partial charge < -0.3 is 16.2 Å². The van der Waals surface area contributed by atoms with Gasteiger partial charge in [-0.25, -0.2) is 0 Å². The minimum Gasteiger partial charge on any atom is -0.480 e. The summed E-state index contributed by atoms with van der Waals surface area (Å²) < 4.78 is 0. The van der Waals surface area contributed by atoms with E-state index in [2.05, 4.69) is 5.32 Å². The van der Waals surface area contributed by atoms with Crippen LogP contribution in [0.1, 0.15) is 20.3 Å². The summed E-state index contributed by atoms with van der Waals surface area (Å²) in [6.07, 6.45) is 0.701. The highest BCUT2D eigenvalue weighted by molar-refractivity contribution is 5.80. The van der Waals surface area contributed by atoms with Crippen molar-refractivity contribution in [3.63, 3.8) is 0 Å². The molecule has 0 aromatic rings. The predicted molar refractivity (Wildman–Crippen MR) is 61.0 cm³/mol. The number of nitrogens with zero attached hydrogens (tertiary/aromatic N) is 1. The van der Waals surface area contributed by atoms with Gasteiger partial charge in [-0.15, -0.1) is 0 Å². The number of nitrogens with two attached hydrogens (primary N) is 1. The van der Waals surface area contributed by atoms with Crippen LogP contribution < -0.4 is 11.1 Å². The molecule has 94 valence electrons. The summed E-state index contributed by atoms with van der Waals surface area (Å²) in [5, 5.41) is 11.4. The predicted octanol–water partition coefficient (Wildman–Crippen LogP) is -0.755. The van der Waals surface area contributed by atoms with Gasteiger partial charge in [0.25, 0.3) is 0 Å². The van der Waals surface area contributed by atoms with Gasteiger partial charge in [0, 0.05) is 13.1 Å². The fraction of sp³-hybridized carbons (Fsp3) is 0.800. The zero-order valence-corrected chi connectivity index (χ0v) is 10.1. The van der Waals surface area contributed by atoms with Crippen molar-refractivity contribution in [2.75, 3.05) is 20.1 Å². The van der Waals surface area contributed by atoms with Crippen molar-refractivity contribution in [2.24, 2.45) is 5.73 Å². The lowest BCUT2D eigenvalue weighted by Crippen LogP contribution is -2.40. The molecule has 0 bridgehead atoms. The normalized spacial score (nSPS) is 14.6. The topological polar surface area (TPSA) is 95.7 Å². The van der Waals surface area contributed by atoms with Crippen LogP contribution in [0.4, 0.5) is 0 Å². The third-order valence-corrected chi connectivity index (χ3v) is 2.42. The molecule has 0 spiro atoms. The molecule has 0 rings (SSSR count). The van der Waals surface area contributed by atoms with Crippen LogP contribution in [0.15, 0.2) is 0 Å². The molecule has 6 heteroatoms. The Morgan fingerprint density at radius 1 is 1.44 bits per heavy atom. The fourth-order valence-electron chi connectivity index (χ4n) is 1.08. The van der Waals surface area contributed by atoms with Gasteiger partial charge in [-0.2, -0.15) is 0 Å². The van der Waals surface area contributed by atoms with Gasteiger partial charge in [0.15, 0.2) is 0 Å². The van der Waals surface area contributed by atoms with Gasteiger partial charge in [0.05, 0.1) is 6.04 Å². The van der Waals surface area contributed by atoms with Crippen LogP contribution in [0, 0.1) is 0 Å². The van der Waals surface area contributed by atoms with E-state index in [1.807, 2.05) is 0 Å². The SMILES string of the molecule is C[C@H](N)C(=O)NCCCN(C)[C@@H](C)C(=O)O.